The Bertz CT molecular complexity index is 315. The summed E-state index contributed by atoms with van der Waals surface area (Å²) in [5.41, 5.74) is 2.28. The van der Waals surface area contributed by atoms with E-state index in [-0.39, 0.29) is 6.10 Å². The lowest BCUT2D eigenvalue weighted by molar-refractivity contribution is 0.141. The molecule has 1 N–H and O–H groups in total. The van der Waals surface area contributed by atoms with E-state index in [1.165, 1.54) is 18.5 Å². The normalized spacial score (nSPS) is 18.5. The van der Waals surface area contributed by atoms with Gasteiger partial charge < -0.3 is 5.11 Å². The maximum atomic E-state index is 9.72. The Morgan fingerprint density at radius 2 is 2.36 bits per heavy atom. The van der Waals surface area contributed by atoms with Gasteiger partial charge in [0.2, 0.25) is 0 Å². The average Bonchev–Trinajstić information content (AvgIpc) is 2.90. The van der Waals surface area contributed by atoms with Gasteiger partial charge in [0.25, 0.3) is 0 Å². The van der Waals surface area contributed by atoms with E-state index in [2.05, 4.69) is 11.2 Å². The van der Waals surface area contributed by atoms with Gasteiger partial charge in [-0.3, -0.25) is 4.68 Å². The third-order valence-electron chi connectivity index (χ3n) is 2.96. The zero-order valence-electron chi connectivity index (χ0n) is 8.90. The minimum Gasteiger partial charge on any atom is -0.393 e. The predicted octanol–water partition coefficient (Wildman–Crippen LogP) is 1.43. The fraction of sp³-hybridized carbons (Fsp3) is 0.727. The number of hydrogen-bond donors (Lipinski definition) is 1. The van der Waals surface area contributed by atoms with Gasteiger partial charge in [0, 0.05) is 12.7 Å². The standard InChI is InChI=1S/C11H18N2O/c1-8-7-10(13(2)12-8)5-6-11(14)9-3-4-9/h7,9,11,14H,3-6H2,1-2H3. The summed E-state index contributed by atoms with van der Waals surface area (Å²) in [6.07, 6.45) is 4.15. The molecule has 2 rings (SSSR count). The van der Waals surface area contributed by atoms with Crippen molar-refractivity contribution in [1.29, 1.82) is 0 Å². The maximum Gasteiger partial charge on any atom is 0.0596 e. The molecular weight excluding hydrogens is 176 g/mol. The number of aromatic nitrogens is 2. The first kappa shape index (κ1) is 9.71. The van der Waals surface area contributed by atoms with Crippen molar-refractivity contribution < 1.29 is 5.11 Å². The zero-order valence-corrected chi connectivity index (χ0v) is 8.90. The SMILES string of the molecule is Cc1cc(CCC(O)C2CC2)n(C)n1. The van der Waals surface area contributed by atoms with E-state index in [0.717, 1.165) is 18.5 Å². The molecule has 1 atom stereocenters. The first-order valence-electron chi connectivity index (χ1n) is 5.34. The van der Waals surface area contributed by atoms with Crippen LogP contribution in [-0.4, -0.2) is 21.0 Å². The van der Waals surface area contributed by atoms with Crippen LogP contribution in [0.3, 0.4) is 0 Å². The highest BCUT2D eigenvalue weighted by atomic mass is 16.3. The van der Waals surface area contributed by atoms with Crippen molar-refractivity contribution in [3.05, 3.63) is 17.5 Å². The molecule has 3 nitrogen and oxygen atoms in total. The second-order valence-corrected chi connectivity index (χ2v) is 4.34. The van der Waals surface area contributed by atoms with Gasteiger partial charge in [0.15, 0.2) is 0 Å². The zero-order chi connectivity index (χ0) is 10.1. The molecule has 1 aromatic rings. The van der Waals surface area contributed by atoms with E-state index in [9.17, 15) is 5.11 Å². The summed E-state index contributed by atoms with van der Waals surface area (Å²) in [5.74, 6) is 0.587. The van der Waals surface area contributed by atoms with Crippen LogP contribution in [0.25, 0.3) is 0 Å². The van der Waals surface area contributed by atoms with Gasteiger partial charge in [0.05, 0.1) is 11.8 Å². The number of rotatable bonds is 4. The van der Waals surface area contributed by atoms with Gasteiger partial charge in [-0.25, -0.2) is 0 Å². The Morgan fingerprint density at radius 1 is 1.64 bits per heavy atom. The van der Waals surface area contributed by atoms with Crippen LogP contribution in [0, 0.1) is 12.8 Å². The van der Waals surface area contributed by atoms with E-state index in [0.29, 0.717) is 5.92 Å². The highest BCUT2D eigenvalue weighted by molar-refractivity contribution is 5.08. The molecule has 1 aliphatic rings. The van der Waals surface area contributed by atoms with E-state index in [4.69, 9.17) is 0 Å². The third kappa shape index (κ3) is 2.15. The molecule has 1 heterocycles. The van der Waals surface area contributed by atoms with Gasteiger partial charge in [-0.2, -0.15) is 5.10 Å². The Kier molecular flexibility index (Phi) is 2.59. The smallest absolute Gasteiger partial charge is 0.0596 e. The molecule has 1 aromatic heterocycles. The molecule has 0 aliphatic heterocycles. The molecule has 3 heteroatoms. The Balaban J connectivity index is 1.87. The first-order chi connectivity index (χ1) is 6.66. The fourth-order valence-corrected chi connectivity index (χ4v) is 1.91. The molecule has 0 radical (unpaired) electrons. The minimum absolute atomic E-state index is 0.0924. The quantitative estimate of drug-likeness (QED) is 0.787. The Labute approximate surface area is 84.7 Å². The summed E-state index contributed by atoms with van der Waals surface area (Å²) in [7, 11) is 1.96. The van der Waals surface area contributed by atoms with E-state index in [1.54, 1.807) is 0 Å². The number of aliphatic hydroxyl groups excluding tert-OH is 1. The molecule has 1 aliphatic carbocycles. The molecule has 14 heavy (non-hydrogen) atoms. The van der Waals surface area contributed by atoms with Gasteiger partial charge in [-0.05, 0) is 44.6 Å². The van der Waals surface area contributed by atoms with Crippen LogP contribution in [-0.2, 0) is 13.5 Å². The molecule has 1 unspecified atom stereocenters. The highest BCUT2D eigenvalue weighted by Crippen LogP contribution is 2.34. The number of hydrogen-bond acceptors (Lipinski definition) is 2. The molecule has 0 bridgehead atoms. The molecule has 0 amide bonds. The fourth-order valence-electron chi connectivity index (χ4n) is 1.91. The maximum absolute atomic E-state index is 9.72. The van der Waals surface area contributed by atoms with Crippen LogP contribution in [0.15, 0.2) is 6.07 Å². The number of aryl methyl sites for hydroxylation is 3. The topological polar surface area (TPSA) is 38.0 Å². The monoisotopic (exact) mass is 194 g/mol. The molecular formula is C11H18N2O. The van der Waals surface area contributed by atoms with Crippen molar-refractivity contribution in [3.8, 4) is 0 Å². The van der Waals surface area contributed by atoms with Crippen molar-refractivity contribution in [2.24, 2.45) is 13.0 Å². The Morgan fingerprint density at radius 3 is 2.86 bits per heavy atom. The lowest BCUT2D eigenvalue weighted by Gasteiger charge is -2.08. The van der Waals surface area contributed by atoms with Crippen LogP contribution in [0.4, 0.5) is 0 Å². The van der Waals surface area contributed by atoms with Crippen LogP contribution in [0.2, 0.25) is 0 Å². The predicted molar refractivity (Wildman–Crippen MR) is 55.0 cm³/mol. The van der Waals surface area contributed by atoms with E-state index < -0.39 is 0 Å². The van der Waals surface area contributed by atoms with Crippen LogP contribution < -0.4 is 0 Å². The molecule has 1 saturated carbocycles. The van der Waals surface area contributed by atoms with Gasteiger partial charge in [0.1, 0.15) is 0 Å². The third-order valence-corrected chi connectivity index (χ3v) is 2.96. The lowest BCUT2D eigenvalue weighted by atomic mass is 10.1. The second kappa shape index (κ2) is 3.73. The van der Waals surface area contributed by atoms with Crippen molar-refractivity contribution in [1.82, 2.24) is 9.78 Å². The van der Waals surface area contributed by atoms with Crippen LogP contribution in [0.5, 0.6) is 0 Å². The number of aliphatic hydroxyl groups is 1. The molecule has 78 valence electrons. The van der Waals surface area contributed by atoms with E-state index in [1.807, 2.05) is 18.7 Å². The summed E-state index contributed by atoms with van der Waals surface area (Å²) in [5, 5.41) is 14.0. The highest BCUT2D eigenvalue weighted by Gasteiger charge is 2.29. The van der Waals surface area contributed by atoms with Crippen LogP contribution in [0.1, 0.15) is 30.7 Å². The lowest BCUT2D eigenvalue weighted by Crippen LogP contribution is -2.11. The Hall–Kier alpha value is -0.830. The van der Waals surface area contributed by atoms with Gasteiger partial charge in [-0.15, -0.1) is 0 Å². The van der Waals surface area contributed by atoms with Crippen molar-refractivity contribution in [3.63, 3.8) is 0 Å². The van der Waals surface area contributed by atoms with Crippen molar-refractivity contribution >= 4 is 0 Å². The summed E-state index contributed by atoms with van der Waals surface area (Å²) < 4.78 is 1.91. The summed E-state index contributed by atoms with van der Waals surface area (Å²) in [6.45, 7) is 2.00. The number of nitrogens with zero attached hydrogens (tertiary/aromatic N) is 2. The molecule has 1 fully saturated rings. The summed E-state index contributed by atoms with van der Waals surface area (Å²) in [4.78, 5) is 0. The van der Waals surface area contributed by atoms with Gasteiger partial charge >= 0.3 is 0 Å². The van der Waals surface area contributed by atoms with Crippen molar-refractivity contribution in [2.75, 3.05) is 0 Å². The van der Waals surface area contributed by atoms with E-state index >= 15 is 0 Å². The molecule has 0 aromatic carbocycles. The minimum atomic E-state index is -0.0924. The largest absolute Gasteiger partial charge is 0.393 e. The first-order valence-corrected chi connectivity index (χ1v) is 5.34. The second-order valence-electron chi connectivity index (χ2n) is 4.34. The van der Waals surface area contributed by atoms with Gasteiger partial charge in [-0.1, -0.05) is 0 Å². The summed E-state index contributed by atoms with van der Waals surface area (Å²) in [6, 6.07) is 2.10. The van der Waals surface area contributed by atoms with Crippen LogP contribution >= 0.6 is 0 Å². The van der Waals surface area contributed by atoms with Crippen molar-refractivity contribution in [2.45, 2.75) is 38.7 Å². The summed E-state index contributed by atoms with van der Waals surface area (Å²) >= 11 is 0. The molecule has 0 spiro atoms. The average molecular weight is 194 g/mol. The molecule has 0 saturated heterocycles.